The molecule has 0 atom stereocenters. The van der Waals surface area contributed by atoms with Gasteiger partial charge in [-0.05, 0) is 30.7 Å². The molecule has 0 spiro atoms. The van der Waals surface area contributed by atoms with Crippen molar-refractivity contribution in [2.24, 2.45) is 0 Å². The fourth-order valence-electron chi connectivity index (χ4n) is 2.52. The number of carbonyl (C=O) groups excluding carboxylic acids is 1. The largest absolute Gasteiger partial charge is 0.356 e. The van der Waals surface area contributed by atoms with Gasteiger partial charge in [-0.15, -0.1) is 0 Å². The first-order chi connectivity index (χ1) is 10.3. The zero-order chi connectivity index (χ0) is 14.7. The molecular weight excluding hydrogens is 280 g/mol. The van der Waals surface area contributed by atoms with Crippen LogP contribution in [0.2, 0.25) is 0 Å². The van der Waals surface area contributed by atoms with Crippen LogP contribution in [0.4, 0.5) is 11.4 Å². The first kappa shape index (κ1) is 14.0. The van der Waals surface area contributed by atoms with E-state index in [2.05, 4.69) is 58.7 Å². The Hall–Kier alpha value is -1.94. The Morgan fingerprint density at radius 1 is 1.05 bits per heavy atom. The van der Waals surface area contributed by atoms with Gasteiger partial charge in [0.05, 0.1) is 11.4 Å². The second-order valence-electron chi connectivity index (χ2n) is 5.03. The van der Waals surface area contributed by atoms with Crippen LogP contribution in [0.5, 0.6) is 0 Å². The summed E-state index contributed by atoms with van der Waals surface area (Å²) in [6, 6.07) is 17.0. The van der Waals surface area contributed by atoms with Crippen molar-refractivity contribution in [2.75, 3.05) is 18.0 Å². The maximum absolute atomic E-state index is 11.0. The third-order valence-corrected chi connectivity index (χ3v) is 4.59. The minimum atomic E-state index is 0.0324. The summed E-state index contributed by atoms with van der Waals surface area (Å²) in [6.45, 7) is 3.17. The van der Waals surface area contributed by atoms with Gasteiger partial charge in [-0.3, -0.25) is 4.79 Å². The Bertz CT molecular complexity index is 611. The third kappa shape index (κ3) is 3.05. The summed E-state index contributed by atoms with van der Waals surface area (Å²) in [4.78, 5) is 15.9. The van der Waals surface area contributed by atoms with Crippen molar-refractivity contribution in [3.05, 3.63) is 48.5 Å². The predicted octanol–water partition coefficient (Wildman–Crippen LogP) is 3.82. The number of para-hydroxylation sites is 2. The minimum Gasteiger partial charge on any atom is -0.356 e. The average Bonchev–Trinajstić information content (AvgIpc) is 2.50. The Morgan fingerprint density at radius 3 is 2.19 bits per heavy atom. The van der Waals surface area contributed by atoms with E-state index in [1.54, 1.807) is 6.92 Å². The molecule has 3 rings (SSSR count). The molecule has 0 radical (unpaired) electrons. The molecule has 108 valence electrons. The lowest BCUT2D eigenvalue weighted by Gasteiger charge is -2.32. The van der Waals surface area contributed by atoms with Gasteiger partial charge in [0.25, 0.3) is 0 Å². The highest BCUT2D eigenvalue weighted by atomic mass is 32.2. The third-order valence-electron chi connectivity index (χ3n) is 3.46. The van der Waals surface area contributed by atoms with Crippen LogP contribution in [0.1, 0.15) is 13.3 Å². The summed E-state index contributed by atoms with van der Waals surface area (Å²) in [5.74, 6) is 0.0324. The second kappa shape index (κ2) is 6.22. The fraction of sp³-hybridized carbons (Fsp3) is 0.235. The van der Waals surface area contributed by atoms with E-state index in [1.807, 2.05) is 11.8 Å². The van der Waals surface area contributed by atoms with E-state index in [0.717, 1.165) is 13.0 Å². The van der Waals surface area contributed by atoms with Gasteiger partial charge in [-0.2, -0.15) is 0 Å². The molecule has 21 heavy (non-hydrogen) atoms. The smallest absolute Gasteiger partial charge is 0.216 e. The predicted molar refractivity (Wildman–Crippen MR) is 87.3 cm³/mol. The number of nitrogens with one attached hydrogen (secondary N) is 1. The molecule has 0 aliphatic carbocycles. The molecule has 0 unspecified atom stereocenters. The van der Waals surface area contributed by atoms with Crippen LogP contribution < -0.4 is 10.2 Å². The van der Waals surface area contributed by atoms with E-state index in [9.17, 15) is 4.79 Å². The summed E-state index contributed by atoms with van der Waals surface area (Å²) in [5.41, 5.74) is 2.51. The van der Waals surface area contributed by atoms with Gasteiger partial charge in [-0.25, -0.2) is 0 Å². The molecule has 0 saturated heterocycles. The summed E-state index contributed by atoms with van der Waals surface area (Å²) >= 11 is 1.82. The summed E-state index contributed by atoms with van der Waals surface area (Å²) < 4.78 is 0. The fourth-order valence-corrected chi connectivity index (χ4v) is 3.62. The average molecular weight is 298 g/mol. The highest BCUT2D eigenvalue weighted by molar-refractivity contribution is 7.99. The number of rotatable bonds is 4. The monoisotopic (exact) mass is 298 g/mol. The van der Waals surface area contributed by atoms with Crippen molar-refractivity contribution >= 4 is 29.0 Å². The lowest BCUT2D eigenvalue weighted by Crippen LogP contribution is -2.27. The van der Waals surface area contributed by atoms with Crippen molar-refractivity contribution < 1.29 is 4.79 Å². The van der Waals surface area contributed by atoms with Gasteiger partial charge < -0.3 is 10.2 Å². The van der Waals surface area contributed by atoms with Crippen LogP contribution in [-0.2, 0) is 4.79 Å². The zero-order valence-electron chi connectivity index (χ0n) is 12.0. The van der Waals surface area contributed by atoms with E-state index in [-0.39, 0.29) is 5.91 Å². The first-order valence-corrected chi connectivity index (χ1v) is 7.95. The number of nitrogens with zero attached hydrogens (tertiary/aromatic N) is 1. The quantitative estimate of drug-likeness (QED) is 0.871. The lowest BCUT2D eigenvalue weighted by atomic mass is 10.2. The highest BCUT2D eigenvalue weighted by Crippen LogP contribution is 2.47. The molecule has 1 amide bonds. The van der Waals surface area contributed by atoms with Gasteiger partial charge in [-0.1, -0.05) is 36.0 Å². The minimum absolute atomic E-state index is 0.0324. The Kier molecular flexibility index (Phi) is 4.15. The van der Waals surface area contributed by atoms with Crippen LogP contribution in [-0.4, -0.2) is 19.0 Å². The number of amides is 1. The maximum Gasteiger partial charge on any atom is 0.216 e. The molecule has 0 fully saturated rings. The molecule has 1 aliphatic heterocycles. The molecule has 2 aromatic carbocycles. The Balaban J connectivity index is 1.83. The summed E-state index contributed by atoms with van der Waals surface area (Å²) in [6.07, 6.45) is 0.924. The van der Waals surface area contributed by atoms with Crippen molar-refractivity contribution in [3.63, 3.8) is 0 Å². The van der Waals surface area contributed by atoms with E-state index in [4.69, 9.17) is 0 Å². The molecule has 4 heteroatoms. The number of benzene rings is 2. The number of fused-ring (bicyclic) bond motifs is 2. The maximum atomic E-state index is 11.0. The molecule has 0 bridgehead atoms. The second-order valence-corrected chi connectivity index (χ2v) is 6.11. The van der Waals surface area contributed by atoms with E-state index < -0.39 is 0 Å². The summed E-state index contributed by atoms with van der Waals surface area (Å²) in [5, 5.41) is 2.86. The molecule has 1 heterocycles. The van der Waals surface area contributed by atoms with E-state index in [0.29, 0.717) is 6.54 Å². The first-order valence-electron chi connectivity index (χ1n) is 7.13. The number of carbonyl (C=O) groups is 1. The molecule has 2 aromatic rings. The molecular formula is C17H18N2OS. The SMILES string of the molecule is CC(=O)NCCCN1c2ccccc2Sc2ccccc21. The summed E-state index contributed by atoms with van der Waals surface area (Å²) in [7, 11) is 0. The van der Waals surface area contributed by atoms with Gasteiger partial charge in [0.1, 0.15) is 0 Å². The van der Waals surface area contributed by atoms with E-state index in [1.165, 1.54) is 21.2 Å². The van der Waals surface area contributed by atoms with Crippen LogP contribution in [0.3, 0.4) is 0 Å². The lowest BCUT2D eigenvalue weighted by molar-refractivity contribution is -0.118. The molecule has 3 nitrogen and oxygen atoms in total. The topological polar surface area (TPSA) is 32.3 Å². The van der Waals surface area contributed by atoms with Gasteiger partial charge >= 0.3 is 0 Å². The zero-order valence-corrected chi connectivity index (χ0v) is 12.8. The van der Waals surface area contributed by atoms with Gasteiger partial charge in [0.2, 0.25) is 5.91 Å². The van der Waals surface area contributed by atoms with Crippen molar-refractivity contribution in [3.8, 4) is 0 Å². The van der Waals surface area contributed by atoms with Crippen molar-refractivity contribution in [2.45, 2.75) is 23.1 Å². The molecule has 0 saturated carbocycles. The van der Waals surface area contributed by atoms with Crippen molar-refractivity contribution in [1.82, 2.24) is 5.32 Å². The molecule has 1 aliphatic rings. The highest BCUT2D eigenvalue weighted by Gasteiger charge is 2.21. The van der Waals surface area contributed by atoms with Gasteiger partial charge in [0.15, 0.2) is 0 Å². The number of hydrogen-bond acceptors (Lipinski definition) is 3. The Labute approximate surface area is 129 Å². The van der Waals surface area contributed by atoms with E-state index >= 15 is 0 Å². The van der Waals surface area contributed by atoms with Crippen LogP contribution in [0.25, 0.3) is 0 Å². The van der Waals surface area contributed by atoms with Crippen LogP contribution in [0.15, 0.2) is 58.3 Å². The normalized spacial score (nSPS) is 12.5. The molecule has 0 aromatic heterocycles. The van der Waals surface area contributed by atoms with Crippen LogP contribution >= 0.6 is 11.8 Å². The number of hydrogen-bond donors (Lipinski definition) is 1. The number of anilines is 2. The standard InChI is InChI=1S/C17H18N2OS/c1-13(20)18-11-6-12-19-14-7-2-4-9-16(14)21-17-10-5-3-8-15(17)19/h2-5,7-10H,6,11-12H2,1H3,(H,18,20). The Morgan fingerprint density at radius 2 is 1.62 bits per heavy atom. The molecule has 1 N–H and O–H groups in total. The van der Waals surface area contributed by atoms with Crippen LogP contribution in [0, 0.1) is 0 Å². The van der Waals surface area contributed by atoms with Crippen molar-refractivity contribution in [1.29, 1.82) is 0 Å². The van der Waals surface area contributed by atoms with Gasteiger partial charge in [0, 0.05) is 29.8 Å².